The highest BCUT2D eigenvalue weighted by Crippen LogP contribution is 2.20. The van der Waals surface area contributed by atoms with Crippen LogP contribution in [0.15, 0.2) is 48.5 Å². The van der Waals surface area contributed by atoms with Crippen LogP contribution in [0.5, 0.6) is 0 Å². The van der Waals surface area contributed by atoms with Gasteiger partial charge in [0, 0.05) is 32.2 Å². The molecule has 6 heteroatoms. The molecular formula is C21H23N5O. The molecule has 1 aliphatic heterocycles. The highest BCUT2D eigenvalue weighted by molar-refractivity contribution is 6.03. The second kappa shape index (κ2) is 7.32. The Morgan fingerprint density at radius 1 is 1.11 bits per heavy atom. The van der Waals surface area contributed by atoms with Gasteiger partial charge in [0.15, 0.2) is 0 Å². The summed E-state index contributed by atoms with van der Waals surface area (Å²) < 4.78 is 1.63. The maximum Gasteiger partial charge on any atom is 0.258 e. The molecule has 138 valence electrons. The summed E-state index contributed by atoms with van der Waals surface area (Å²) in [5.41, 5.74) is 4.68. The Balaban J connectivity index is 1.38. The van der Waals surface area contributed by atoms with Crippen LogP contribution in [0.25, 0.3) is 0 Å². The molecule has 0 spiro atoms. The molecule has 1 aromatic heterocycles. The van der Waals surface area contributed by atoms with E-state index in [2.05, 4.69) is 44.6 Å². The Morgan fingerprint density at radius 3 is 2.56 bits per heavy atom. The lowest BCUT2D eigenvalue weighted by molar-refractivity contribution is 0.102. The van der Waals surface area contributed by atoms with Crippen molar-refractivity contribution in [1.29, 1.82) is 0 Å². The van der Waals surface area contributed by atoms with Gasteiger partial charge in [0.05, 0.1) is 0 Å². The molecule has 2 aromatic carbocycles. The molecule has 0 saturated carbocycles. The minimum absolute atomic E-state index is 0.195. The molecule has 1 aliphatic rings. The minimum Gasteiger partial charge on any atom is -0.294 e. The molecule has 0 fully saturated rings. The van der Waals surface area contributed by atoms with E-state index in [9.17, 15) is 4.79 Å². The van der Waals surface area contributed by atoms with Gasteiger partial charge in [-0.05, 0) is 42.2 Å². The van der Waals surface area contributed by atoms with Gasteiger partial charge in [0.25, 0.3) is 5.91 Å². The number of fused-ring (bicyclic) bond motifs is 1. The van der Waals surface area contributed by atoms with Crippen LogP contribution in [0.3, 0.4) is 0 Å². The number of aromatic nitrogens is 3. The van der Waals surface area contributed by atoms with Crippen molar-refractivity contribution < 1.29 is 4.79 Å². The van der Waals surface area contributed by atoms with Gasteiger partial charge >= 0.3 is 0 Å². The molecule has 1 amide bonds. The predicted octanol–water partition coefficient (Wildman–Crippen LogP) is 2.93. The fourth-order valence-corrected chi connectivity index (χ4v) is 3.40. The van der Waals surface area contributed by atoms with Crippen molar-refractivity contribution in [3.8, 4) is 0 Å². The highest BCUT2D eigenvalue weighted by Gasteiger charge is 2.16. The number of anilines is 1. The van der Waals surface area contributed by atoms with Gasteiger partial charge in [-0.2, -0.15) is 4.98 Å². The number of amides is 1. The van der Waals surface area contributed by atoms with Crippen LogP contribution in [0, 0.1) is 6.92 Å². The first-order chi connectivity index (χ1) is 13.1. The third-order valence-corrected chi connectivity index (χ3v) is 5.04. The normalized spacial score (nSPS) is 14.0. The molecule has 0 radical (unpaired) electrons. The first-order valence-corrected chi connectivity index (χ1v) is 9.15. The SMILES string of the molecule is Cc1nc(NC(=O)c2ccc(CN3CCc4ccccc4C3)cc2)nn1C. The fourth-order valence-electron chi connectivity index (χ4n) is 3.40. The second-order valence-electron chi connectivity index (χ2n) is 6.99. The van der Waals surface area contributed by atoms with Crippen molar-refractivity contribution in [2.45, 2.75) is 26.4 Å². The van der Waals surface area contributed by atoms with Gasteiger partial charge < -0.3 is 0 Å². The maximum absolute atomic E-state index is 12.4. The molecule has 0 saturated heterocycles. The summed E-state index contributed by atoms with van der Waals surface area (Å²) in [6.45, 7) is 4.76. The molecule has 0 unspecified atom stereocenters. The van der Waals surface area contributed by atoms with E-state index in [1.54, 1.807) is 11.7 Å². The van der Waals surface area contributed by atoms with Crippen LogP contribution in [0.2, 0.25) is 0 Å². The van der Waals surface area contributed by atoms with Crippen molar-refractivity contribution in [2.75, 3.05) is 11.9 Å². The van der Waals surface area contributed by atoms with Crippen molar-refractivity contribution in [3.05, 3.63) is 76.6 Å². The molecule has 0 bridgehead atoms. The third-order valence-electron chi connectivity index (χ3n) is 5.04. The third kappa shape index (κ3) is 3.90. The minimum atomic E-state index is -0.195. The summed E-state index contributed by atoms with van der Waals surface area (Å²) in [5.74, 6) is 0.888. The number of hydrogen-bond acceptors (Lipinski definition) is 4. The van der Waals surface area contributed by atoms with Crippen LogP contribution < -0.4 is 5.32 Å². The van der Waals surface area contributed by atoms with Crippen LogP contribution >= 0.6 is 0 Å². The average molecular weight is 361 g/mol. The van der Waals surface area contributed by atoms with Gasteiger partial charge in [0.2, 0.25) is 5.95 Å². The van der Waals surface area contributed by atoms with E-state index < -0.39 is 0 Å². The zero-order chi connectivity index (χ0) is 18.8. The number of nitrogens with zero attached hydrogens (tertiary/aromatic N) is 4. The lowest BCUT2D eigenvalue weighted by atomic mass is 9.99. The number of aryl methyl sites for hydroxylation is 2. The highest BCUT2D eigenvalue weighted by atomic mass is 16.1. The van der Waals surface area contributed by atoms with Gasteiger partial charge in [0.1, 0.15) is 5.82 Å². The first-order valence-electron chi connectivity index (χ1n) is 9.15. The second-order valence-corrected chi connectivity index (χ2v) is 6.99. The average Bonchev–Trinajstić information content (AvgIpc) is 2.99. The Morgan fingerprint density at radius 2 is 1.85 bits per heavy atom. The number of nitrogens with one attached hydrogen (secondary N) is 1. The number of carbonyl (C=O) groups is 1. The smallest absolute Gasteiger partial charge is 0.258 e. The van der Waals surface area contributed by atoms with E-state index in [0.29, 0.717) is 11.5 Å². The Hall–Kier alpha value is -2.99. The summed E-state index contributed by atoms with van der Waals surface area (Å²) in [6, 6.07) is 16.4. The number of rotatable bonds is 4. The molecule has 4 rings (SSSR count). The van der Waals surface area contributed by atoms with E-state index in [1.807, 2.05) is 31.2 Å². The Bertz CT molecular complexity index is 941. The zero-order valence-electron chi connectivity index (χ0n) is 15.6. The largest absolute Gasteiger partial charge is 0.294 e. The van der Waals surface area contributed by atoms with Crippen molar-refractivity contribution >= 4 is 11.9 Å². The standard InChI is InChI=1S/C21H23N5O/c1-15-22-21(24-25(15)2)23-20(27)18-9-7-16(8-10-18)13-26-12-11-17-5-3-4-6-19(17)14-26/h3-10H,11-14H2,1-2H3,(H,23,24,27). The monoisotopic (exact) mass is 361 g/mol. The van der Waals surface area contributed by atoms with Crippen LogP contribution in [-0.4, -0.2) is 32.1 Å². The van der Waals surface area contributed by atoms with E-state index in [-0.39, 0.29) is 5.91 Å². The molecule has 0 aliphatic carbocycles. The molecule has 2 heterocycles. The van der Waals surface area contributed by atoms with Crippen LogP contribution in [0.4, 0.5) is 5.95 Å². The van der Waals surface area contributed by atoms with Gasteiger partial charge in [-0.25, -0.2) is 0 Å². The van der Waals surface area contributed by atoms with Gasteiger partial charge in [-0.1, -0.05) is 36.4 Å². The summed E-state index contributed by atoms with van der Waals surface area (Å²) in [4.78, 5) is 19.0. The maximum atomic E-state index is 12.4. The molecule has 3 aromatic rings. The predicted molar refractivity (Wildman–Crippen MR) is 104 cm³/mol. The van der Waals surface area contributed by atoms with E-state index >= 15 is 0 Å². The van der Waals surface area contributed by atoms with Crippen molar-refractivity contribution in [1.82, 2.24) is 19.7 Å². The Labute approximate surface area is 158 Å². The van der Waals surface area contributed by atoms with E-state index in [0.717, 1.165) is 31.9 Å². The first kappa shape index (κ1) is 17.4. The molecule has 0 atom stereocenters. The van der Waals surface area contributed by atoms with Gasteiger partial charge in [-0.3, -0.25) is 19.7 Å². The van der Waals surface area contributed by atoms with Crippen LogP contribution in [0.1, 0.15) is 32.9 Å². The topological polar surface area (TPSA) is 63.1 Å². The number of hydrogen-bond donors (Lipinski definition) is 1. The lowest BCUT2D eigenvalue weighted by Gasteiger charge is -2.28. The van der Waals surface area contributed by atoms with Crippen molar-refractivity contribution in [2.24, 2.45) is 7.05 Å². The molecule has 6 nitrogen and oxygen atoms in total. The summed E-state index contributed by atoms with van der Waals surface area (Å²) >= 11 is 0. The lowest BCUT2D eigenvalue weighted by Crippen LogP contribution is -2.29. The van der Waals surface area contributed by atoms with Crippen LogP contribution in [-0.2, 0) is 26.6 Å². The number of carbonyl (C=O) groups excluding carboxylic acids is 1. The van der Waals surface area contributed by atoms with Gasteiger partial charge in [-0.15, -0.1) is 5.10 Å². The van der Waals surface area contributed by atoms with E-state index in [1.165, 1.54) is 16.7 Å². The summed E-state index contributed by atoms with van der Waals surface area (Å²) in [5, 5.41) is 6.90. The fraction of sp³-hybridized carbons (Fsp3) is 0.286. The number of benzene rings is 2. The summed E-state index contributed by atoms with van der Waals surface area (Å²) in [7, 11) is 1.80. The summed E-state index contributed by atoms with van der Waals surface area (Å²) in [6.07, 6.45) is 1.09. The zero-order valence-corrected chi connectivity index (χ0v) is 15.6. The van der Waals surface area contributed by atoms with E-state index in [4.69, 9.17) is 0 Å². The van der Waals surface area contributed by atoms with Crippen molar-refractivity contribution in [3.63, 3.8) is 0 Å². The molecule has 1 N–H and O–H groups in total. The Kier molecular flexibility index (Phi) is 4.73. The molecular weight excluding hydrogens is 338 g/mol. The molecule has 27 heavy (non-hydrogen) atoms. The quantitative estimate of drug-likeness (QED) is 0.776.